The van der Waals surface area contributed by atoms with Crippen LogP contribution < -0.4 is 4.74 Å². The molecular formula is C14H18ClN3O. The molecule has 1 fully saturated rings. The third-order valence-corrected chi connectivity index (χ3v) is 3.86. The lowest BCUT2D eigenvalue weighted by Crippen LogP contribution is -2.35. The molecule has 0 unspecified atom stereocenters. The zero-order valence-corrected chi connectivity index (χ0v) is 12.0. The van der Waals surface area contributed by atoms with Crippen LogP contribution >= 0.6 is 11.6 Å². The molecule has 19 heavy (non-hydrogen) atoms. The largest absolute Gasteiger partial charge is 0.473 e. The molecule has 0 amide bonds. The normalized spacial score (nSPS) is 23.1. The molecule has 0 radical (unpaired) electrons. The van der Waals surface area contributed by atoms with Gasteiger partial charge in [0.05, 0.1) is 5.56 Å². The second-order valence-electron chi connectivity index (χ2n) is 5.13. The van der Waals surface area contributed by atoms with Gasteiger partial charge < -0.3 is 9.64 Å². The Morgan fingerprint density at radius 3 is 2.58 bits per heavy atom. The molecule has 0 atom stereocenters. The second-order valence-corrected chi connectivity index (χ2v) is 5.54. The van der Waals surface area contributed by atoms with Crippen molar-refractivity contribution >= 4 is 11.6 Å². The number of aromatic nitrogens is 1. The van der Waals surface area contributed by atoms with E-state index in [0.717, 1.165) is 25.7 Å². The smallest absolute Gasteiger partial charge is 0.232 e. The van der Waals surface area contributed by atoms with Gasteiger partial charge >= 0.3 is 0 Å². The molecule has 0 bridgehead atoms. The van der Waals surface area contributed by atoms with Gasteiger partial charge in [-0.25, -0.2) is 4.98 Å². The Bertz CT molecular complexity index is 476. The van der Waals surface area contributed by atoms with Gasteiger partial charge in [-0.15, -0.1) is 0 Å². The molecule has 1 saturated carbocycles. The maximum absolute atomic E-state index is 8.76. The fourth-order valence-electron chi connectivity index (χ4n) is 2.41. The van der Waals surface area contributed by atoms with Crippen LogP contribution in [-0.4, -0.2) is 36.1 Å². The number of hydrogen-bond donors (Lipinski definition) is 0. The lowest BCUT2D eigenvalue weighted by atomic mass is 9.92. The minimum Gasteiger partial charge on any atom is -0.473 e. The summed E-state index contributed by atoms with van der Waals surface area (Å²) in [5, 5.41) is 9.17. The first kappa shape index (κ1) is 14.1. The first-order valence-corrected chi connectivity index (χ1v) is 6.86. The summed E-state index contributed by atoms with van der Waals surface area (Å²) in [7, 11) is 4.23. The predicted molar refractivity (Wildman–Crippen MR) is 74.3 cm³/mol. The van der Waals surface area contributed by atoms with E-state index >= 15 is 0 Å². The Morgan fingerprint density at radius 2 is 2.05 bits per heavy atom. The van der Waals surface area contributed by atoms with Gasteiger partial charge in [-0.2, -0.15) is 5.26 Å². The molecule has 4 nitrogen and oxygen atoms in total. The highest BCUT2D eigenvalue weighted by Gasteiger charge is 2.24. The van der Waals surface area contributed by atoms with E-state index in [1.54, 1.807) is 6.07 Å². The van der Waals surface area contributed by atoms with Gasteiger partial charge in [0.25, 0.3) is 0 Å². The first-order valence-electron chi connectivity index (χ1n) is 6.49. The Morgan fingerprint density at radius 1 is 1.37 bits per heavy atom. The third-order valence-electron chi connectivity index (χ3n) is 3.59. The summed E-state index contributed by atoms with van der Waals surface area (Å²) in [5.74, 6) is 0.439. The van der Waals surface area contributed by atoms with E-state index < -0.39 is 0 Å². The van der Waals surface area contributed by atoms with Crippen LogP contribution in [0.4, 0.5) is 0 Å². The van der Waals surface area contributed by atoms with E-state index in [-0.39, 0.29) is 6.10 Å². The molecule has 2 rings (SSSR count). The molecule has 0 N–H and O–H groups in total. The molecule has 1 aromatic heterocycles. The second kappa shape index (κ2) is 6.23. The van der Waals surface area contributed by atoms with Crippen LogP contribution in [0.5, 0.6) is 5.88 Å². The molecule has 1 aliphatic rings. The van der Waals surface area contributed by atoms with Gasteiger partial charge in [-0.3, -0.25) is 0 Å². The number of nitrogens with zero attached hydrogens (tertiary/aromatic N) is 3. The minimum absolute atomic E-state index is 0.175. The standard InChI is InChI=1S/C14H18ClN3O/c1-18(2)11-3-5-12(6-4-11)19-14-13(15)7-10(8-16)9-17-14/h7,9,11-12H,3-6H2,1-2H3. The Hall–Kier alpha value is -1.31. The van der Waals surface area contributed by atoms with Crippen molar-refractivity contribution in [3.8, 4) is 11.9 Å². The molecule has 5 heteroatoms. The van der Waals surface area contributed by atoms with Crippen molar-refractivity contribution in [2.75, 3.05) is 14.1 Å². The van der Waals surface area contributed by atoms with Gasteiger partial charge in [0, 0.05) is 12.2 Å². The number of ether oxygens (including phenoxy) is 1. The van der Waals surface area contributed by atoms with E-state index in [0.29, 0.717) is 22.5 Å². The summed E-state index contributed by atoms with van der Waals surface area (Å²) < 4.78 is 5.84. The van der Waals surface area contributed by atoms with Crippen LogP contribution in [-0.2, 0) is 0 Å². The topological polar surface area (TPSA) is 49.1 Å². The molecular weight excluding hydrogens is 262 g/mol. The van der Waals surface area contributed by atoms with Crippen molar-refractivity contribution in [2.45, 2.75) is 37.8 Å². The summed E-state index contributed by atoms with van der Waals surface area (Å²) >= 11 is 6.06. The highest BCUT2D eigenvalue weighted by molar-refractivity contribution is 6.31. The van der Waals surface area contributed by atoms with Crippen molar-refractivity contribution in [1.82, 2.24) is 9.88 Å². The quantitative estimate of drug-likeness (QED) is 0.854. The maximum Gasteiger partial charge on any atom is 0.232 e. The number of hydrogen-bond acceptors (Lipinski definition) is 4. The number of rotatable bonds is 3. The molecule has 1 aromatic rings. The van der Waals surface area contributed by atoms with Gasteiger partial charge in [-0.05, 0) is 45.8 Å². The van der Waals surface area contributed by atoms with Crippen molar-refractivity contribution in [3.63, 3.8) is 0 Å². The van der Waals surface area contributed by atoms with Crippen molar-refractivity contribution in [2.24, 2.45) is 0 Å². The lowest BCUT2D eigenvalue weighted by molar-refractivity contribution is 0.107. The maximum atomic E-state index is 8.76. The molecule has 102 valence electrons. The Labute approximate surface area is 118 Å². The molecule has 1 aliphatic carbocycles. The summed E-state index contributed by atoms with van der Waals surface area (Å²) in [6, 6.07) is 4.24. The van der Waals surface area contributed by atoms with Crippen LogP contribution in [0, 0.1) is 11.3 Å². The van der Waals surface area contributed by atoms with Crippen LogP contribution in [0.25, 0.3) is 0 Å². The number of pyridine rings is 1. The van der Waals surface area contributed by atoms with Gasteiger partial charge in [0.15, 0.2) is 0 Å². The highest BCUT2D eigenvalue weighted by Crippen LogP contribution is 2.28. The number of halogens is 1. The van der Waals surface area contributed by atoms with E-state index in [1.165, 1.54) is 6.20 Å². The van der Waals surface area contributed by atoms with Crippen molar-refractivity contribution in [1.29, 1.82) is 5.26 Å². The van der Waals surface area contributed by atoms with Crippen LogP contribution in [0.3, 0.4) is 0 Å². The Kier molecular flexibility index (Phi) is 4.62. The summed E-state index contributed by atoms with van der Waals surface area (Å²) in [5.41, 5.74) is 0.452. The number of nitriles is 1. The zero-order chi connectivity index (χ0) is 13.8. The van der Waals surface area contributed by atoms with E-state index in [1.807, 2.05) is 6.07 Å². The molecule has 0 aliphatic heterocycles. The summed E-state index contributed by atoms with van der Waals surface area (Å²) in [4.78, 5) is 6.38. The van der Waals surface area contributed by atoms with Crippen LogP contribution in [0.1, 0.15) is 31.2 Å². The predicted octanol–water partition coefficient (Wildman–Crippen LogP) is 2.86. The fraction of sp³-hybridized carbons (Fsp3) is 0.571. The third kappa shape index (κ3) is 3.59. The van der Waals surface area contributed by atoms with Crippen molar-refractivity contribution < 1.29 is 4.74 Å². The van der Waals surface area contributed by atoms with Crippen LogP contribution in [0.15, 0.2) is 12.3 Å². The van der Waals surface area contributed by atoms with E-state index in [4.69, 9.17) is 21.6 Å². The first-order chi connectivity index (χ1) is 9.10. The monoisotopic (exact) mass is 279 g/mol. The highest BCUT2D eigenvalue weighted by atomic mass is 35.5. The molecule has 0 saturated heterocycles. The molecule has 0 spiro atoms. The summed E-state index contributed by atoms with van der Waals surface area (Å²) in [6.07, 6.45) is 5.96. The Balaban J connectivity index is 1.94. The van der Waals surface area contributed by atoms with E-state index in [2.05, 4.69) is 24.0 Å². The summed E-state index contributed by atoms with van der Waals surface area (Å²) in [6.45, 7) is 0. The minimum atomic E-state index is 0.175. The lowest BCUT2D eigenvalue weighted by Gasteiger charge is -2.32. The molecule has 1 heterocycles. The van der Waals surface area contributed by atoms with Crippen LogP contribution in [0.2, 0.25) is 5.02 Å². The fourth-order valence-corrected chi connectivity index (χ4v) is 2.62. The van der Waals surface area contributed by atoms with Gasteiger partial charge in [-0.1, -0.05) is 11.6 Å². The van der Waals surface area contributed by atoms with Gasteiger partial charge in [0.2, 0.25) is 5.88 Å². The van der Waals surface area contributed by atoms with E-state index in [9.17, 15) is 0 Å². The average molecular weight is 280 g/mol. The average Bonchev–Trinajstić information content (AvgIpc) is 2.41. The molecule has 0 aromatic carbocycles. The zero-order valence-electron chi connectivity index (χ0n) is 11.3. The SMILES string of the molecule is CN(C)C1CCC(Oc2ncc(C#N)cc2Cl)CC1. The van der Waals surface area contributed by atoms with Gasteiger partial charge in [0.1, 0.15) is 17.2 Å². The van der Waals surface area contributed by atoms with Crippen molar-refractivity contribution in [3.05, 3.63) is 22.8 Å².